The summed E-state index contributed by atoms with van der Waals surface area (Å²) in [5.74, 6) is 0.663. The number of carbonyl (C=O) groups is 1. The van der Waals surface area contributed by atoms with Gasteiger partial charge in [0.15, 0.2) is 5.82 Å². The Morgan fingerprint density at radius 2 is 2.18 bits per heavy atom. The minimum absolute atomic E-state index is 0.0414. The van der Waals surface area contributed by atoms with E-state index in [-0.39, 0.29) is 5.54 Å². The highest BCUT2D eigenvalue weighted by atomic mass is 16.1. The summed E-state index contributed by atoms with van der Waals surface area (Å²) in [5.41, 5.74) is 5.40. The molecule has 1 radical (unpaired) electrons. The van der Waals surface area contributed by atoms with Gasteiger partial charge in [-0.1, -0.05) is 19.3 Å². The van der Waals surface area contributed by atoms with Gasteiger partial charge in [0.1, 0.15) is 6.20 Å². The Kier molecular flexibility index (Phi) is 4.52. The van der Waals surface area contributed by atoms with Crippen LogP contribution in [0.3, 0.4) is 0 Å². The van der Waals surface area contributed by atoms with Crippen LogP contribution in [0.2, 0.25) is 0 Å². The molecule has 2 fully saturated rings. The number of primary amides is 1. The first-order valence-electron chi connectivity index (χ1n) is 8.61. The molecule has 0 spiro atoms. The number of aromatic nitrogens is 2. The van der Waals surface area contributed by atoms with Crippen LogP contribution >= 0.6 is 0 Å². The van der Waals surface area contributed by atoms with Gasteiger partial charge in [0.2, 0.25) is 0 Å². The molecule has 2 aliphatic rings. The molecule has 5 heteroatoms. The summed E-state index contributed by atoms with van der Waals surface area (Å²) >= 11 is 0. The Hall–Kier alpha value is -1.36. The van der Waals surface area contributed by atoms with Gasteiger partial charge in [-0.2, -0.15) is 0 Å². The molecular formula is C17H27N4O. The number of amides is 1. The predicted octanol–water partition coefficient (Wildman–Crippen LogP) is 2.22. The van der Waals surface area contributed by atoms with Crippen molar-refractivity contribution in [1.29, 1.82) is 0 Å². The second-order valence-electron chi connectivity index (χ2n) is 7.07. The van der Waals surface area contributed by atoms with E-state index in [1.165, 1.54) is 38.5 Å². The third kappa shape index (κ3) is 2.91. The van der Waals surface area contributed by atoms with Crippen LogP contribution < -0.4 is 11.1 Å². The topological polar surface area (TPSA) is 72.9 Å². The van der Waals surface area contributed by atoms with Gasteiger partial charge in [-0.05, 0) is 44.9 Å². The van der Waals surface area contributed by atoms with Crippen LogP contribution in [-0.4, -0.2) is 28.0 Å². The average molecular weight is 303 g/mol. The molecule has 1 heterocycles. The van der Waals surface area contributed by atoms with Crippen molar-refractivity contribution in [2.75, 3.05) is 6.54 Å². The quantitative estimate of drug-likeness (QED) is 0.846. The smallest absolute Gasteiger partial charge is 0.284 e. The fourth-order valence-electron chi connectivity index (χ4n) is 4.04. The Balaban J connectivity index is 1.66. The van der Waals surface area contributed by atoms with Gasteiger partial charge in [0.05, 0.1) is 5.54 Å². The van der Waals surface area contributed by atoms with Crippen molar-refractivity contribution in [3.63, 3.8) is 0 Å². The third-order valence-corrected chi connectivity index (χ3v) is 5.71. The molecule has 1 amide bonds. The maximum absolute atomic E-state index is 11.6. The molecule has 2 aliphatic carbocycles. The normalized spacial score (nSPS) is 23.0. The van der Waals surface area contributed by atoms with Gasteiger partial charge in [-0.3, -0.25) is 4.79 Å². The maximum Gasteiger partial charge on any atom is 0.284 e. The molecule has 1 atom stereocenters. The van der Waals surface area contributed by atoms with Crippen molar-refractivity contribution in [3.8, 4) is 0 Å². The van der Waals surface area contributed by atoms with Gasteiger partial charge >= 0.3 is 0 Å². The van der Waals surface area contributed by atoms with Crippen molar-refractivity contribution >= 4 is 5.91 Å². The second-order valence-corrected chi connectivity index (χ2v) is 7.07. The molecule has 0 bridgehead atoms. The van der Waals surface area contributed by atoms with Gasteiger partial charge in [-0.25, -0.2) is 4.98 Å². The molecule has 1 aromatic heterocycles. The van der Waals surface area contributed by atoms with Crippen LogP contribution in [0.5, 0.6) is 0 Å². The lowest BCUT2D eigenvalue weighted by molar-refractivity contribution is 0.0925. The van der Waals surface area contributed by atoms with E-state index in [1.807, 2.05) is 4.57 Å². The maximum atomic E-state index is 11.6. The number of nitrogens with two attached hydrogens (primary N) is 1. The summed E-state index contributed by atoms with van der Waals surface area (Å²) in [5, 5.41) is 3.73. The highest BCUT2D eigenvalue weighted by Crippen LogP contribution is 2.39. The van der Waals surface area contributed by atoms with Crippen LogP contribution in [0, 0.1) is 12.1 Å². The first-order chi connectivity index (χ1) is 10.6. The lowest BCUT2D eigenvalue weighted by Gasteiger charge is -2.45. The molecule has 0 aromatic carbocycles. The van der Waals surface area contributed by atoms with Crippen LogP contribution in [-0.2, 0) is 5.54 Å². The van der Waals surface area contributed by atoms with E-state index >= 15 is 0 Å². The first kappa shape index (κ1) is 15.5. The van der Waals surface area contributed by atoms with Gasteiger partial charge < -0.3 is 15.6 Å². The Morgan fingerprint density at radius 1 is 1.45 bits per heavy atom. The molecule has 2 saturated carbocycles. The Morgan fingerprint density at radius 3 is 2.77 bits per heavy atom. The second kappa shape index (κ2) is 6.41. The van der Waals surface area contributed by atoms with Crippen molar-refractivity contribution in [2.24, 2.45) is 11.7 Å². The van der Waals surface area contributed by atoms with E-state index in [0.717, 1.165) is 25.3 Å². The Labute approximate surface area is 132 Å². The van der Waals surface area contributed by atoms with Crippen molar-refractivity contribution in [3.05, 3.63) is 18.2 Å². The molecule has 0 aliphatic heterocycles. The molecule has 1 aromatic rings. The molecule has 22 heavy (non-hydrogen) atoms. The molecule has 0 unspecified atom stereocenters. The number of hydrogen-bond acceptors (Lipinski definition) is 3. The highest BCUT2D eigenvalue weighted by molar-refractivity contribution is 5.89. The SMILES string of the molecule is C[C@@H](NCC1(n2c[c]nc2C(N)=O)CCC1)C1CCCCC1. The van der Waals surface area contributed by atoms with E-state index < -0.39 is 5.91 Å². The molecule has 0 saturated heterocycles. The third-order valence-electron chi connectivity index (χ3n) is 5.71. The van der Waals surface area contributed by atoms with Crippen LogP contribution in [0.4, 0.5) is 0 Å². The lowest BCUT2D eigenvalue weighted by atomic mass is 9.75. The largest absolute Gasteiger partial charge is 0.363 e. The van der Waals surface area contributed by atoms with Crippen molar-refractivity contribution in [2.45, 2.75) is 69.9 Å². The lowest BCUT2D eigenvalue weighted by Crippen LogP contribution is -2.52. The van der Waals surface area contributed by atoms with E-state index in [1.54, 1.807) is 6.20 Å². The zero-order valence-corrected chi connectivity index (χ0v) is 13.5. The molecule has 121 valence electrons. The van der Waals surface area contributed by atoms with Crippen LogP contribution in [0.1, 0.15) is 68.9 Å². The zero-order valence-electron chi connectivity index (χ0n) is 13.5. The summed E-state index contributed by atoms with van der Waals surface area (Å²) in [4.78, 5) is 15.6. The molecule has 5 nitrogen and oxygen atoms in total. The van der Waals surface area contributed by atoms with E-state index in [0.29, 0.717) is 11.9 Å². The summed E-state index contributed by atoms with van der Waals surface area (Å²) in [6.07, 6.45) is 14.7. The number of imidazole rings is 1. The Bertz CT molecular complexity index is 514. The van der Waals surface area contributed by atoms with Crippen molar-refractivity contribution in [1.82, 2.24) is 14.9 Å². The predicted molar refractivity (Wildman–Crippen MR) is 85.4 cm³/mol. The first-order valence-corrected chi connectivity index (χ1v) is 8.61. The highest BCUT2D eigenvalue weighted by Gasteiger charge is 2.41. The summed E-state index contributed by atoms with van der Waals surface area (Å²) in [6.45, 7) is 3.19. The van der Waals surface area contributed by atoms with Crippen LogP contribution in [0.25, 0.3) is 0 Å². The van der Waals surface area contributed by atoms with Gasteiger partial charge in [0, 0.05) is 18.8 Å². The summed E-state index contributed by atoms with van der Waals surface area (Å²) < 4.78 is 1.96. The number of carbonyl (C=O) groups excluding carboxylic acids is 1. The van der Waals surface area contributed by atoms with Gasteiger partial charge in [-0.15, -0.1) is 0 Å². The summed E-state index contributed by atoms with van der Waals surface area (Å²) in [6, 6.07) is 0.530. The number of rotatable bonds is 6. The standard InChI is InChI=1S/C17H27N4O/c1-13(14-6-3-2-4-7-14)20-12-17(8-5-9-17)21-11-10-19-16(21)15(18)22/h11,13-14,20H,2-9,12H2,1H3,(H2,18,22)/t13-/m1/s1. The van der Waals surface area contributed by atoms with Crippen molar-refractivity contribution < 1.29 is 4.79 Å². The van der Waals surface area contributed by atoms with E-state index in [4.69, 9.17) is 5.73 Å². The van der Waals surface area contributed by atoms with E-state index in [9.17, 15) is 4.79 Å². The van der Waals surface area contributed by atoms with Crippen LogP contribution in [0.15, 0.2) is 6.20 Å². The molecule has 3 rings (SSSR count). The fourth-order valence-corrected chi connectivity index (χ4v) is 4.04. The number of nitrogens with one attached hydrogen (secondary N) is 1. The number of hydrogen-bond donors (Lipinski definition) is 2. The molecule has 3 N–H and O–H groups in total. The fraction of sp³-hybridized carbons (Fsp3) is 0.765. The molecular weight excluding hydrogens is 276 g/mol. The average Bonchev–Trinajstić information content (AvgIpc) is 2.97. The monoisotopic (exact) mass is 303 g/mol. The van der Waals surface area contributed by atoms with Gasteiger partial charge in [0.25, 0.3) is 5.91 Å². The minimum atomic E-state index is -0.465. The summed E-state index contributed by atoms with van der Waals surface area (Å²) in [7, 11) is 0. The van der Waals surface area contributed by atoms with E-state index in [2.05, 4.69) is 23.4 Å². The zero-order chi connectivity index (χ0) is 15.6. The minimum Gasteiger partial charge on any atom is -0.363 e. The number of nitrogens with zero attached hydrogens (tertiary/aromatic N) is 2.